The van der Waals surface area contributed by atoms with Crippen molar-refractivity contribution in [2.45, 2.75) is 13.8 Å². The summed E-state index contributed by atoms with van der Waals surface area (Å²) >= 11 is 0. The Bertz CT molecular complexity index is 591. The average Bonchev–Trinajstić information content (AvgIpc) is 2.48. The highest BCUT2D eigenvalue weighted by Gasteiger charge is 2.31. The normalized spacial score (nSPS) is 12.0. The van der Waals surface area contributed by atoms with E-state index in [2.05, 4.69) is 10.5 Å². The molecule has 120 valence electrons. The highest BCUT2D eigenvalue weighted by molar-refractivity contribution is 7.74. The van der Waals surface area contributed by atoms with Crippen LogP contribution >= 0.6 is 7.60 Å². The molecule has 0 spiro atoms. The van der Waals surface area contributed by atoms with Crippen LogP contribution in [0.4, 0.5) is 11.4 Å². The predicted molar refractivity (Wildman–Crippen MR) is 81.1 cm³/mol. The molecule has 22 heavy (non-hydrogen) atoms. The summed E-state index contributed by atoms with van der Waals surface area (Å²) < 4.78 is 22.4. The van der Waals surface area contributed by atoms with Gasteiger partial charge in [-0.25, -0.2) is 0 Å². The number of nitrogens with one attached hydrogen (secondary N) is 1. The van der Waals surface area contributed by atoms with Crippen LogP contribution in [-0.4, -0.2) is 29.9 Å². The van der Waals surface area contributed by atoms with Crippen molar-refractivity contribution in [2.75, 3.05) is 18.6 Å². The number of non-ortho nitro benzene ring substituents is 1. The van der Waals surface area contributed by atoms with Crippen molar-refractivity contribution in [1.82, 2.24) is 0 Å². The number of hydrazone groups is 1. The van der Waals surface area contributed by atoms with Gasteiger partial charge in [-0.05, 0) is 26.0 Å². The van der Waals surface area contributed by atoms with Crippen molar-refractivity contribution in [3.8, 4) is 0 Å². The van der Waals surface area contributed by atoms with Gasteiger partial charge in [0.1, 0.15) is 0 Å². The first-order chi connectivity index (χ1) is 10.5. The van der Waals surface area contributed by atoms with Crippen molar-refractivity contribution in [2.24, 2.45) is 5.10 Å². The molecule has 0 unspecified atom stereocenters. The van der Waals surface area contributed by atoms with Gasteiger partial charge in [-0.2, -0.15) is 5.10 Å². The molecule has 0 saturated carbocycles. The van der Waals surface area contributed by atoms with E-state index in [0.717, 1.165) is 0 Å². The van der Waals surface area contributed by atoms with Gasteiger partial charge in [0.05, 0.1) is 23.8 Å². The highest BCUT2D eigenvalue weighted by atomic mass is 31.2. The Balaban J connectivity index is 2.94. The molecule has 0 saturated heterocycles. The van der Waals surface area contributed by atoms with E-state index in [1.807, 2.05) is 0 Å². The molecule has 1 N–H and O–H groups in total. The van der Waals surface area contributed by atoms with Crippen LogP contribution < -0.4 is 5.43 Å². The first kappa shape index (κ1) is 18.0. The van der Waals surface area contributed by atoms with E-state index in [9.17, 15) is 19.5 Å². The number of aldehydes is 1. The molecule has 9 nitrogen and oxygen atoms in total. The number of anilines is 1. The first-order valence-corrected chi connectivity index (χ1v) is 7.94. The second-order valence-electron chi connectivity index (χ2n) is 3.84. The molecule has 1 aromatic carbocycles. The summed E-state index contributed by atoms with van der Waals surface area (Å²) in [6.07, 6.45) is 0.282. The fourth-order valence-electron chi connectivity index (χ4n) is 1.44. The maximum atomic E-state index is 12.4. The van der Waals surface area contributed by atoms with Crippen LogP contribution in [0.3, 0.4) is 0 Å². The highest BCUT2D eigenvalue weighted by Crippen LogP contribution is 2.49. The van der Waals surface area contributed by atoms with Crippen LogP contribution in [0.25, 0.3) is 0 Å². The van der Waals surface area contributed by atoms with Crippen LogP contribution in [0.1, 0.15) is 13.8 Å². The van der Waals surface area contributed by atoms with Crippen LogP contribution in [-0.2, 0) is 18.4 Å². The summed E-state index contributed by atoms with van der Waals surface area (Å²) in [5, 5.41) is 14.3. The van der Waals surface area contributed by atoms with Gasteiger partial charge in [0.15, 0.2) is 6.29 Å². The number of hydrogen-bond donors (Lipinski definition) is 1. The second kappa shape index (κ2) is 8.38. The molecule has 1 rings (SSSR count). The van der Waals surface area contributed by atoms with Crippen molar-refractivity contribution in [3.63, 3.8) is 0 Å². The molecule has 0 fully saturated rings. The van der Waals surface area contributed by atoms with E-state index in [1.54, 1.807) is 13.8 Å². The predicted octanol–water partition coefficient (Wildman–Crippen LogP) is 2.79. The van der Waals surface area contributed by atoms with Crippen LogP contribution in [0.15, 0.2) is 29.4 Å². The first-order valence-electron chi connectivity index (χ1n) is 6.39. The molecule has 1 aromatic rings. The minimum absolute atomic E-state index is 0.0838. The zero-order chi connectivity index (χ0) is 16.6. The van der Waals surface area contributed by atoms with Gasteiger partial charge in [-0.1, -0.05) is 0 Å². The minimum atomic E-state index is -3.78. The smallest absolute Gasteiger partial charge is 0.304 e. The van der Waals surface area contributed by atoms with Crippen LogP contribution in [0.5, 0.6) is 0 Å². The molecule has 10 heteroatoms. The monoisotopic (exact) mass is 329 g/mol. The second-order valence-corrected chi connectivity index (χ2v) is 5.81. The van der Waals surface area contributed by atoms with E-state index in [0.29, 0.717) is 5.69 Å². The Morgan fingerprint density at radius 3 is 2.27 bits per heavy atom. The summed E-state index contributed by atoms with van der Waals surface area (Å²) in [5.74, 6) is 0. The zero-order valence-corrected chi connectivity index (χ0v) is 13.0. The molecule has 0 amide bonds. The van der Waals surface area contributed by atoms with Crippen LogP contribution in [0.2, 0.25) is 0 Å². The van der Waals surface area contributed by atoms with E-state index >= 15 is 0 Å². The van der Waals surface area contributed by atoms with Gasteiger partial charge in [-0.3, -0.25) is 24.9 Å². The SMILES string of the molecule is CCOP(=O)(OCC)/C(C=O)=N/Nc1ccc([N+](=O)[O-])cc1. The van der Waals surface area contributed by atoms with Gasteiger partial charge in [0.2, 0.25) is 5.45 Å². The van der Waals surface area contributed by atoms with E-state index in [-0.39, 0.29) is 25.2 Å². The molecule has 0 aliphatic heterocycles. The number of carbonyl (C=O) groups is 1. The third-order valence-electron chi connectivity index (χ3n) is 2.36. The largest absolute Gasteiger partial charge is 0.384 e. The molecular weight excluding hydrogens is 313 g/mol. The number of carbonyl (C=O) groups excluding carboxylic acids is 1. The molecule has 0 aromatic heterocycles. The number of nitro benzene ring substituents is 1. The van der Waals surface area contributed by atoms with Gasteiger partial charge in [-0.15, -0.1) is 0 Å². The Labute approximate surface area is 127 Å². The lowest BCUT2D eigenvalue weighted by Gasteiger charge is -2.15. The van der Waals surface area contributed by atoms with E-state index < -0.39 is 18.0 Å². The quantitative estimate of drug-likeness (QED) is 0.243. The number of nitrogens with zero attached hydrogens (tertiary/aromatic N) is 2. The number of hydrogen-bond acceptors (Lipinski definition) is 8. The average molecular weight is 329 g/mol. The molecule has 0 bridgehead atoms. The summed E-state index contributed by atoms with van der Waals surface area (Å²) in [5.41, 5.74) is 2.37. The van der Waals surface area contributed by atoms with Crippen molar-refractivity contribution in [1.29, 1.82) is 0 Å². The molecular formula is C12H16N3O6P. The maximum Gasteiger partial charge on any atom is 0.384 e. The summed E-state index contributed by atoms with van der Waals surface area (Å²) in [6.45, 7) is 3.39. The molecule has 0 atom stereocenters. The van der Waals surface area contributed by atoms with Gasteiger partial charge >= 0.3 is 7.60 Å². The molecule has 0 heterocycles. The van der Waals surface area contributed by atoms with E-state index in [1.165, 1.54) is 24.3 Å². The fraction of sp³-hybridized carbons (Fsp3) is 0.333. The molecule has 0 radical (unpaired) electrons. The number of rotatable bonds is 9. The van der Waals surface area contributed by atoms with E-state index in [4.69, 9.17) is 9.05 Å². The standard InChI is InChI=1S/C12H16N3O6P/c1-3-20-22(19,21-4-2)12(9-16)14-13-10-5-7-11(8-6-10)15(17)18/h5-9,13H,3-4H2,1-2H3/b14-12+. The lowest BCUT2D eigenvalue weighted by molar-refractivity contribution is -0.384. The molecule has 0 aliphatic carbocycles. The third-order valence-corrected chi connectivity index (χ3v) is 4.32. The number of nitro groups is 1. The van der Waals surface area contributed by atoms with Crippen molar-refractivity contribution >= 4 is 30.7 Å². The van der Waals surface area contributed by atoms with Gasteiger partial charge in [0, 0.05) is 12.1 Å². The summed E-state index contributed by atoms with van der Waals surface area (Å²) in [4.78, 5) is 21.1. The summed E-state index contributed by atoms with van der Waals surface area (Å²) in [6, 6.07) is 5.33. The summed E-state index contributed by atoms with van der Waals surface area (Å²) in [7, 11) is -3.78. The Morgan fingerprint density at radius 1 is 1.32 bits per heavy atom. The molecule has 0 aliphatic rings. The Morgan fingerprint density at radius 2 is 1.86 bits per heavy atom. The van der Waals surface area contributed by atoms with Gasteiger partial charge in [0.25, 0.3) is 5.69 Å². The van der Waals surface area contributed by atoms with Crippen LogP contribution in [0, 0.1) is 10.1 Å². The minimum Gasteiger partial charge on any atom is -0.304 e. The maximum absolute atomic E-state index is 12.4. The van der Waals surface area contributed by atoms with Gasteiger partial charge < -0.3 is 9.05 Å². The van der Waals surface area contributed by atoms with Crippen molar-refractivity contribution in [3.05, 3.63) is 34.4 Å². The number of benzene rings is 1. The van der Waals surface area contributed by atoms with Crippen molar-refractivity contribution < 1.29 is 23.3 Å². The fourth-order valence-corrected chi connectivity index (χ4v) is 2.76. The topological polar surface area (TPSA) is 120 Å². The lowest BCUT2D eigenvalue weighted by Crippen LogP contribution is -2.10. The Hall–Kier alpha value is -2.09. The lowest BCUT2D eigenvalue weighted by atomic mass is 10.3. The zero-order valence-electron chi connectivity index (χ0n) is 12.1. The Kier molecular flexibility index (Phi) is 6.84. The third kappa shape index (κ3) is 4.73.